The van der Waals surface area contributed by atoms with Gasteiger partial charge in [0.25, 0.3) is 0 Å². The van der Waals surface area contributed by atoms with E-state index in [0.717, 1.165) is 19.5 Å². The minimum atomic E-state index is -3.82. The van der Waals surface area contributed by atoms with Crippen molar-refractivity contribution in [1.82, 2.24) is 14.2 Å². The number of carbonyl (C=O) groups is 1. The maximum Gasteiger partial charge on any atom is 0.419 e. The van der Waals surface area contributed by atoms with E-state index in [2.05, 4.69) is 42.3 Å². The fourth-order valence-corrected chi connectivity index (χ4v) is 6.26. The van der Waals surface area contributed by atoms with Gasteiger partial charge in [-0.1, -0.05) is 12.1 Å². The highest BCUT2D eigenvalue weighted by Gasteiger charge is 2.33. The number of hydrogen-bond acceptors (Lipinski definition) is 6. The minimum Gasteiger partial charge on any atom is -0.408 e. The van der Waals surface area contributed by atoms with Crippen molar-refractivity contribution in [2.75, 3.05) is 37.6 Å². The molecule has 3 aromatic rings. The topological polar surface area (TPSA) is 105 Å². The normalized spacial score (nSPS) is 16.8. The largest absolute Gasteiger partial charge is 0.419 e. The lowest BCUT2D eigenvalue weighted by Gasteiger charge is -2.31. The maximum absolute atomic E-state index is 13.3. The highest BCUT2D eigenvalue weighted by atomic mass is 32.2. The Morgan fingerprint density at radius 2 is 2.03 bits per heavy atom. The average molecular weight is 515 g/mol. The molecule has 1 fully saturated rings. The monoisotopic (exact) mass is 514 g/mol. The molecule has 0 unspecified atom stereocenters. The summed E-state index contributed by atoms with van der Waals surface area (Å²) in [5, 5.41) is 3.00. The molecule has 1 N–H and O–H groups in total. The van der Waals surface area contributed by atoms with Crippen LogP contribution in [0.3, 0.4) is 0 Å². The summed E-state index contributed by atoms with van der Waals surface area (Å²) in [6.07, 6.45) is 2.05. The number of sulfonamides is 1. The van der Waals surface area contributed by atoms with Crippen LogP contribution in [-0.4, -0.2) is 55.9 Å². The van der Waals surface area contributed by atoms with E-state index in [9.17, 15) is 18.0 Å². The molecule has 36 heavy (non-hydrogen) atoms. The maximum atomic E-state index is 13.3. The van der Waals surface area contributed by atoms with Crippen LogP contribution in [0, 0.1) is 12.8 Å². The Labute approximate surface area is 211 Å². The van der Waals surface area contributed by atoms with Crippen molar-refractivity contribution in [3.63, 3.8) is 0 Å². The summed E-state index contributed by atoms with van der Waals surface area (Å²) < 4.78 is 34.4. The van der Waals surface area contributed by atoms with Gasteiger partial charge < -0.3 is 14.6 Å². The molecule has 0 spiro atoms. The number of benzene rings is 2. The van der Waals surface area contributed by atoms with Crippen LogP contribution >= 0.6 is 0 Å². The first-order valence-corrected chi connectivity index (χ1v) is 13.8. The first-order valence-electron chi connectivity index (χ1n) is 12.4. The smallest absolute Gasteiger partial charge is 0.408 e. The van der Waals surface area contributed by atoms with Gasteiger partial charge in [0.05, 0.1) is 16.3 Å². The Morgan fingerprint density at radius 1 is 1.22 bits per heavy atom. The van der Waals surface area contributed by atoms with Crippen molar-refractivity contribution in [3.05, 3.63) is 58.6 Å². The van der Waals surface area contributed by atoms with Crippen molar-refractivity contribution in [2.24, 2.45) is 13.0 Å². The third kappa shape index (κ3) is 5.49. The number of fused-ring (bicyclic) bond motifs is 1. The van der Waals surface area contributed by atoms with Gasteiger partial charge in [-0.3, -0.25) is 9.36 Å². The minimum absolute atomic E-state index is 0.0567. The quantitative estimate of drug-likeness (QED) is 0.441. The van der Waals surface area contributed by atoms with Crippen molar-refractivity contribution in [2.45, 2.75) is 38.0 Å². The van der Waals surface area contributed by atoms with E-state index < -0.39 is 21.7 Å². The van der Waals surface area contributed by atoms with Gasteiger partial charge in [0.15, 0.2) is 5.58 Å². The van der Waals surface area contributed by atoms with Crippen molar-refractivity contribution in [1.29, 1.82) is 0 Å². The van der Waals surface area contributed by atoms with Crippen LogP contribution < -0.4 is 16.0 Å². The number of piperidine rings is 1. The molecule has 1 aromatic heterocycles. The van der Waals surface area contributed by atoms with Crippen molar-refractivity contribution >= 4 is 32.7 Å². The lowest BCUT2D eigenvalue weighted by molar-refractivity contribution is -0.126. The molecule has 1 saturated heterocycles. The van der Waals surface area contributed by atoms with E-state index in [1.54, 1.807) is 13.1 Å². The standard InChI is InChI=1S/C26H34N4O5S/c1-4-29(21-10-5-8-19(2)16-21)14-7-13-27-25(31)20-9-6-15-30(18-20)36(33,34)22-11-12-23-24(17-22)35-26(32)28(23)3/h5,8,10-12,16-17,20H,4,6-7,9,13-15,18H2,1-3H3,(H,27,31)/t20-/m0/s1. The van der Waals surface area contributed by atoms with E-state index in [4.69, 9.17) is 4.42 Å². The number of aryl methyl sites for hydroxylation is 2. The highest BCUT2D eigenvalue weighted by molar-refractivity contribution is 7.89. The third-order valence-electron chi connectivity index (χ3n) is 6.81. The fraction of sp³-hybridized carbons (Fsp3) is 0.462. The molecule has 4 rings (SSSR count). The molecule has 0 saturated carbocycles. The van der Waals surface area contributed by atoms with Gasteiger partial charge in [-0.15, -0.1) is 0 Å². The molecule has 1 atom stereocenters. The summed E-state index contributed by atoms with van der Waals surface area (Å²) in [5.41, 5.74) is 3.13. The molecule has 2 heterocycles. The number of aromatic nitrogens is 1. The van der Waals surface area contributed by atoms with Gasteiger partial charge in [-0.2, -0.15) is 4.31 Å². The summed E-state index contributed by atoms with van der Waals surface area (Å²) in [5.74, 6) is -1.06. The van der Waals surface area contributed by atoms with E-state index in [1.807, 2.05) is 6.07 Å². The Balaban J connectivity index is 1.33. The highest BCUT2D eigenvalue weighted by Crippen LogP contribution is 2.26. The lowest BCUT2D eigenvalue weighted by atomic mass is 9.99. The van der Waals surface area contributed by atoms with Crippen molar-refractivity contribution in [3.8, 4) is 0 Å². The van der Waals surface area contributed by atoms with Crippen molar-refractivity contribution < 1.29 is 17.6 Å². The number of nitrogens with one attached hydrogen (secondary N) is 1. The van der Waals surface area contributed by atoms with Crippen LogP contribution in [0.2, 0.25) is 0 Å². The average Bonchev–Trinajstić information content (AvgIpc) is 3.16. The van der Waals surface area contributed by atoms with E-state index in [-0.39, 0.29) is 22.9 Å². The lowest BCUT2D eigenvalue weighted by Crippen LogP contribution is -2.45. The summed E-state index contributed by atoms with van der Waals surface area (Å²) in [6, 6.07) is 12.8. The molecule has 1 aliphatic heterocycles. The number of hydrogen-bond donors (Lipinski definition) is 1. The number of amides is 1. The van der Waals surface area contributed by atoms with Crippen LogP contribution in [0.5, 0.6) is 0 Å². The molecule has 0 aliphatic carbocycles. The number of anilines is 1. The Morgan fingerprint density at radius 3 is 2.78 bits per heavy atom. The van der Waals surface area contributed by atoms with Gasteiger partial charge in [-0.05, 0) is 62.9 Å². The summed E-state index contributed by atoms with van der Waals surface area (Å²) in [6.45, 7) is 6.91. The first-order chi connectivity index (χ1) is 17.2. The molecule has 0 bridgehead atoms. The van der Waals surface area contributed by atoms with E-state index >= 15 is 0 Å². The number of nitrogens with zero attached hydrogens (tertiary/aromatic N) is 3. The van der Waals surface area contributed by atoms with Gasteiger partial charge in [0.1, 0.15) is 0 Å². The Bertz CT molecular complexity index is 1390. The van der Waals surface area contributed by atoms with Gasteiger partial charge in [-0.25, -0.2) is 13.2 Å². The second kappa shape index (κ2) is 10.9. The zero-order chi connectivity index (χ0) is 25.9. The SMILES string of the molecule is CCN(CCCNC(=O)[C@H]1CCCN(S(=O)(=O)c2ccc3c(c2)oc(=O)n3C)C1)c1cccc(C)c1. The number of oxazole rings is 1. The van der Waals surface area contributed by atoms with E-state index in [0.29, 0.717) is 31.4 Å². The molecule has 194 valence electrons. The predicted octanol–water partition coefficient (Wildman–Crippen LogP) is 2.87. The van der Waals surface area contributed by atoms with E-state index in [1.165, 1.54) is 32.3 Å². The summed E-state index contributed by atoms with van der Waals surface area (Å²) >= 11 is 0. The third-order valence-corrected chi connectivity index (χ3v) is 8.67. The Kier molecular flexibility index (Phi) is 7.85. The molecule has 2 aromatic carbocycles. The molecule has 9 nitrogen and oxygen atoms in total. The summed E-state index contributed by atoms with van der Waals surface area (Å²) in [7, 11) is -2.25. The molecular weight excluding hydrogens is 480 g/mol. The van der Waals surface area contributed by atoms with Crippen LogP contribution in [0.25, 0.3) is 11.1 Å². The summed E-state index contributed by atoms with van der Waals surface area (Å²) in [4.78, 5) is 26.9. The van der Waals surface area contributed by atoms with Crippen LogP contribution in [-0.2, 0) is 21.9 Å². The molecule has 0 radical (unpaired) electrons. The zero-order valence-electron chi connectivity index (χ0n) is 21.1. The first kappa shape index (κ1) is 26.0. The fourth-order valence-electron chi connectivity index (χ4n) is 4.72. The van der Waals surface area contributed by atoms with Crippen LogP contribution in [0.1, 0.15) is 31.7 Å². The predicted molar refractivity (Wildman–Crippen MR) is 140 cm³/mol. The molecule has 1 aliphatic rings. The second-order valence-electron chi connectivity index (χ2n) is 9.32. The zero-order valence-corrected chi connectivity index (χ0v) is 21.9. The molecule has 10 heteroatoms. The molecular formula is C26H34N4O5S. The second-order valence-corrected chi connectivity index (χ2v) is 11.3. The van der Waals surface area contributed by atoms with Gasteiger partial charge >= 0.3 is 5.76 Å². The van der Waals surface area contributed by atoms with Crippen LogP contribution in [0.15, 0.2) is 56.6 Å². The molecule has 1 amide bonds. The number of carbonyl (C=O) groups excluding carboxylic acids is 1. The number of rotatable bonds is 9. The van der Waals surface area contributed by atoms with Gasteiger partial charge in [0.2, 0.25) is 15.9 Å². The Hall–Kier alpha value is -3.11. The van der Waals surface area contributed by atoms with Crippen LogP contribution in [0.4, 0.5) is 5.69 Å². The van der Waals surface area contributed by atoms with Gasteiger partial charge in [0, 0.05) is 51.5 Å².